The third-order valence-corrected chi connectivity index (χ3v) is 5.18. The monoisotopic (exact) mass is 368 g/mol. The summed E-state index contributed by atoms with van der Waals surface area (Å²) in [5.74, 6) is 0.113. The molecule has 0 unspecified atom stereocenters. The van der Waals surface area contributed by atoms with Crippen molar-refractivity contribution in [2.75, 3.05) is 0 Å². The summed E-state index contributed by atoms with van der Waals surface area (Å²) in [6, 6.07) is 16.5. The molecule has 1 amide bonds. The largest absolute Gasteiger partial charge is 0.354 e. The number of carbonyl (C=O) groups is 1. The number of hydrogen-bond acceptors (Lipinski definition) is 1. The summed E-state index contributed by atoms with van der Waals surface area (Å²) in [7, 11) is 0. The van der Waals surface area contributed by atoms with Crippen LogP contribution in [0.25, 0.3) is 10.9 Å². The van der Waals surface area contributed by atoms with Crippen LogP contribution in [0.3, 0.4) is 0 Å². The number of benzene rings is 2. The Kier molecular flexibility index (Phi) is 6.00. The maximum Gasteiger partial charge on any atom is 0.220 e. The molecule has 0 saturated carbocycles. The van der Waals surface area contributed by atoms with Crippen LogP contribution in [-0.2, 0) is 17.8 Å². The van der Waals surface area contributed by atoms with Crippen molar-refractivity contribution in [3.8, 4) is 0 Å². The number of para-hydroxylation sites is 1. The Morgan fingerprint density at radius 3 is 2.62 bits per heavy atom. The topological polar surface area (TPSA) is 34.0 Å². The van der Waals surface area contributed by atoms with E-state index in [4.69, 9.17) is 11.6 Å². The normalized spacial score (nSPS) is 12.3. The molecule has 0 radical (unpaired) electrons. The lowest BCUT2D eigenvalue weighted by Gasteiger charge is -2.10. The van der Waals surface area contributed by atoms with Crippen LogP contribution in [0.15, 0.2) is 54.7 Å². The van der Waals surface area contributed by atoms with Crippen LogP contribution in [0.5, 0.6) is 0 Å². The van der Waals surface area contributed by atoms with Gasteiger partial charge in [0.2, 0.25) is 5.91 Å². The van der Waals surface area contributed by atoms with E-state index in [0.717, 1.165) is 30.0 Å². The van der Waals surface area contributed by atoms with E-state index in [1.54, 1.807) is 0 Å². The van der Waals surface area contributed by atoms with Gasteiger partial charge in [-0.15, -0.1) is 0 Å². The van der Waals surface area contributed by atoms with E-state index >= 15 is 0 Å². The molecule has 1 atom stereocenters. The summed E-state index contributed by atoms with van der Waals surface area (Å²) >= 11 is 6.33. The van der Waals surface area contributed by atoms with E-state index in [1.807, 2.05) is 37.3 Å². The molecule has 1 N–H and O–H groups in total. The van der Waals surface area contributed by atoms with Crippen LogP contribution in [0.2, 0.25) is 5.02 Å². The van der Waals surface area contributed by atoms with Crippen molar-refractivity contribution in [2.45, 2.75) is 45.7 Å². The van der Waals surface area contributed by atoms with Crippen LogP contribution in [0.1, 0.15) is 37.8 Å². The predicted octanol–water partition coefficient (Wildman–Crippen LogP) is 5.19. The quantitative estimate of drug-likeness (QED) is 0.611. The van der Waals surface area contributed by atoms with Crippen molar-refractivity contribution >= 4 is 28.4 Å². The van der Waals surface area contributed by atoms with Gasteiger partial charge in [-0.05, 0) is 43.0 Å². The van der Waals surface area contributed by atoms with Crippen molar-refractivity contribution < 1.29 is 4.79 Å². The predicted molar refractivity (Wildman–Crippen MR) is 109 cm³/mol. The molecule has 3 aromatic rings. The Morgan fingerprint density at radius 2 is 1.85 bits per heavy atom. The third kappa shape index (κ3) is 4.28. The average Bonchev–Trinajstić information content (AvgIpc) is 3.00. The summed E-state index contributed by atoms with van der Waals surface area (Å²) in [4.78, 5) is 12.1. The number of carbonyl (C=O) groups excluding carboxylic acids is 1. The Labute approximate surface area is 160 Å². The summed E-state index contributed by atoms with van der Waals surface area (Å²) < 4.78 is 2.22. The SMILES string of the molecule is CC[C@H](C)NC(=O)CCc1cn(Cc2ccccc2Cl)c2ccccc12. The van der Waals surface area contributed by atoms with Crippen molar-refractivity contribution in [1.29, 1.82) is 0 Å². The molecule has 1 aromatic heterocycles. The van der Waals surface area contributed by atoms with Gasteiger partial charge in [0.25, 0.3) is 0 Å². The molecular formula is C22H25ClN2O. The fourth-order valence-corrected chi connectivity index (χ4v) is 3.36. The standard InChI is InChI=1S/C22H25ClN2O/c1-3-16(2)24-22(26)13-12-17-14-25(21-11-7-5-9-19(17)21)15-18-8-4-6-10-20(18)23/h4-11,14,16H,3,12-13,15H2,1-2H3,(H,24,26)/t16-/m0/s1. The van der Waals surface area contributed by atoms with Crippen molar-refractivity contribution in [3.05, 3.63) is 70.9 Å². The van der Waals surface area contributed by atoms with Crippen LogP contribution in [-0.4, -0.2) is 16.5 Å². The van der Waals surface area contributed by atoms with E-state index in [1.165, 1.54) is 16.5 Å². The van der Waals surface area contributed by atoms with E-state index in [-0.39, 0.29) is 11.9 Å². The lowest BCUT2D eigenvalue weighted by molar-refractivity contribution is -0.121. The number of aromatic nitrogens is 1. The minimum absolute atomic E-state index is 0.113. The molecule has 0 fully saturated rings. The first-order valence-electron chi connectivity index (χ1n) is 9.18. The van der Waals surface area contributed by atoms with Gasteiger partial charge in [-0.1, -0.05) is 54.9 Å². The molecule has 3 nitrogen and oxygen atoms in total. The second-order valence-corrected chi connectivity index (χ2v) is 7.17. The molecule has 1 heterocycles. The number of fused-ring (bicyclic) bond motifs is 1. The molecule has 2 aromatic carbocycles. The highest BCUT2D eigenvalue weighted by atomic mass is 35.5. The maximum absolute atomic E-state index is 12.1. The number of aryl methyl sites for hydroxylation is 1. The molecule has 0 aliphatic carbocycles. The maximum atomic E-state index is 12.1. The summed E-state index contributed by atoms with van der Waals surface area (Å²) in [6.45, 7) is 4.83. The number of nitrogens with zero attached hydrogens (tertiary/aromatic N) is 1. The molecule has 0 aliphatic rings. The Bertz CT molecular complexity index is 900. The molecular weight excluding hydrogens is 344 g/mol. The summed E-state index contributed by atoms with van der Waals surface area (Å²) in [5.41, 5.74) is 3.47. The number of nitrogens with one attached hydrogen (secondary N) is 1. The smallest absolute Gasteiger partial charge is 0.220 e. The van der Waals surface area contributed by atoms with E-state index in [2.05, 4.69) is 41.2 Å². The van der Waals surface area contributed by atoms with Gasteiger partial charge in [-0.25, -0.2) is 0 Å². The van der Waals surface area contributed by atoms with Gasteiger partial charge in [0.1, 0.15) is 0 Å². The van der Waals surface area contributed by atoms with Crippen molar-refractivity contribution in [1.82, 2.24) is 9.88 Å². The minimum atomic E-state index is 0.113. The molecule has 0 spiro atoms. The van der Waals surface area contributed by atoms with E-state index in [9.17, 15) is 4.79 Å². The van der Waals surface area contributed by atoms with Gasteiger partial charge in [0.05, 0.1) is 0 Å². The van der Waals surface area contributed by atoms with Crippen LogP contribution < -0.4 is 5.32 Å². The van der Waals surface area contributed by atoms with Gasteiger partial charge in [0.15, 0.2) is 0 Å². The highest BCUT2D eigenvalue weighted by Gasteiger charge is 2.12. The second kappa shape index (κ2) is 8.41. The minimum Gasteiger partial charge on any atom is -0.354 e. The average molecular weight is 369 g/mol. The van der Waals surface area contributed by atoms with E-state index in [0.29, 0.717) is 6.42 Å². The molecule has 3 rings (SSSR count). The zero-order chi connectivity index (χ0) is 18.5. The zero-order valence-electron chi connectivity index (χ0n) is 15.3. The number of hydrogen-bond donors (Lipinski definition) is 1. The Hall–Kier alpha value is -2.26. The third-order valence-electron chi connectivity index (χ3n) is 4.81. The van der Waals surface area contributed by atoms with E-state index < -0.39 is 0 Å². The second-order valence-electron chi connectivity index (χ2n) is 6.77. The number of amides is 1. The molecule has 136 valence electrons. The fraction of sp³-hybridized carbons (Fsp3) is 0.318. The molecule has 4 heteroatoms. The lowest BCUT2D eigenvalue weighted by atomic mass is 10.1. The zero-order valence-corrected chi connectivity index (χ0v) is 16.1. The number of rotatable bonds is 7. The first-order chi connectivity index (χ1) is 12.6. The molecule has 0 saturated heterocycles. The lowest BCUT2D eigenvalue weighted by Crippen LogP contribution is -2.31. The summed E-state index contributed by atoms with van der Waals surface area (Å²) in [5, 5.41) is 5.02. The van der Waals surface area contributed by atoms with Gasteiger partial charge in [-0.2, -0.15) is 0 Å². The van der Waals surface area contributed by atoms with Gasteiger partial charge >= 0.3 is 0 Å². The number of halogens is 1. The molecule has 0 aliphatic heterocycles. The van der Waals surface area contributed by atoms with Gasteiger partial charge in [0, 0.05) is 41.1 Å². The first-order valence-corrected chi connectivity index (χ1v) is 9.55. The van der Waals surface area contributed by atoms with Crippen LogP contribution in [0.4, 0.5) is 0 Å². The highest BCUT2D eigenvalue weighted by Crippen LogP contribution is 2.25. The Balaban J connectivity index is 1.81. The fourth-order valence-electron chi connectivity index (χ4n) is 3.16. The Morgan fingerprint density at radius 1 is 1.12 bits per heavy atom. The summed E-state index contributed by atoms with van der Waals surface area (Å²) in [6.07, 6.45) is 4.34. The van der Waals surface area contributed by atoms with Crippen LogP contribution >= 0.6 is 11.6 Å². The van der Waals surface area contributed by atoms with Crippen molar-refractivity contribution in [2.24, 2.45) is 0 Å². The first kappa shape index (κ1) is 18.5. The van der Waals surface area contributed by atoms with Crippen LogP contribution in [0, 0.1) is 0 Å². The highest BCUT2D eigenvalue weighted by molar-refractivity contribution is 6.31. The molecule has 0 bridgehead atoms. The van der Waals surface area contributed by atoms with Crippen molar-refractivity contribution in [3.63, 3.8) is 0 Å². The molecule has 26 heavy (non-hydrogen) atoms. The van der Waals surface area contributed by atoms with Gasteiger partial charge < -0.3 is 9.88 Å². The van der Waals surface area contributed by atoms with Gasteiger partial charge in [-0.3, -0.25) is 4.79 Å².